The summed E-state index contributed by atoms with van der Waals surface area (Å²) < 4.78 is 2.29. The predicted molar refractivity (Wildman–Crippen MR) is 118 cm³/mol. The lowest BCUT2D eigenvalue weighted by Gasteiger charge is -2.01. The molecule has 0 atom stereocenters. The van der Waals surface area contributed by atoms with Gasteiger partial charge in [-0.15, -0.1) is 0 Å². The van der Waals surface area contributed by atoms with E-state index in [1.54, 1.807) is 42.5 Å². The highest BCUT2D eigenvalue weighted by atomic mass is 16.3. The minimum Gasteiger partial charge on any atom is -0.507 e. The second-order valence-corrected chi connectivity index (χ2v) is 6.92. The zero-order valence-corrected chi connectivity index (χ0v) is 16.6. The molecule has 0 amide bonds. The smallest absolute Gasteiger partial charge is 0.367 e. The quantitative estimate of drug-likeness (QED) is 0.373. The van der Waals surface area contributed by atoms with Gasteiger partial charge in [-0.25, -0.2) is 9.48 Å². The lowest BCUT2D eigenvalue weighted by atomic mass is 10.1. The Labute approximate surface area is 178 Å². The molecule has 0 fully saturated rings. The number of aromatic nitrogens is 3. The van der Waals surface area contributed by atoms with E-state index in [2.05, 4.69) is 10.2 Å². The first-order chi connectivity index (χ1) is 15.1. The van der Waals surface area contributed by atoms with Crippen molar-refractivity contribution < 1.29 is 9.90 Å². The summed E-state index contributed by atoms with van der Waals surface area (Å²) in [5.74, 6) is 0.225. The van der Waals surface area contributed by atoms with Crippen LogP contribution in [0, 0.1) is 0 Å². The van der Waals surface area contributed by atoms with Gasteiger partial charge in [-0.1, -0.05) is 72.8 Å². The molecule has 0 aliphatic rings. The first-order valence-corrected chi connectivity index (χ1v) is 9.75. The molecule has 0 aliphatic carbocycles. The fourth-order valence-corrected chi connectivity index (χ4v) is 3.12. The van der Waals surface area contributed by atoms with Crippen LogP contribution in [0.2, 0.25) is 0 Å². The van der Waals surface area contributed by atoms with E-state index < -0.39 is 5.69 Å². The first-order valence-electron chi connectivity index (χ1n) is 9.75. The van der Waals surface area contributed by atoms with Crippen LogP contribution in [0.3, 0.4) is 0 Å². The highest BCUT2D eigenvalue weighted by molar-refractivity contribution is 5.95. The van der Waals surface area contributed by atoms with Gasteiger partial charge < -0.3 is 5.11 Å². The second-order valence-electron chi connectivity index (χ2n) is 6.92. The van der Waals surface area contributed by atoms with Crippen molar-refractivity contribution in [1.82, 2.24) is 14.5 Å². The molecule has 4 aromatic rings. The number of phenols is 1. The molecule has 154 valence electrons. The largest absolute Gasteiger partial charge is 0.507 e. The lowest BCUT2D eigenvalue weighted by Crippen LogP contribution is -2.26. The topological polar surface area (TPSA) is 89.5 Å². The van der Waals surface area contributed by atoms with E-state index in [4.69, 9.17) is 0 Å². The van der Waals surface area contributed by atoms with E-state index in [9.17, 15) is 14.7 Å². The van der Waals surface area contributed by atoms with E-state index in [0.29, 0.717) is 23.4 Å². The molecule has 0 bridgehead atoms. The minimum absolute atomic E-state index is 0.0514. The maximum Gasteiger partial charge on any atom is 0.367 e. The van der Waals surface area contributed by atoms with Crippen LogP contribution in [-0.2, 0) is 13.0 Å². The molecule has 0 aliphatic heterocycles. The van der Waals surface area contributed by atoms with Crippen molar-refractivity contribution in [3.63, 3.8) is 0 Å². The highest BCUT2D eigenvalue weighted by Gasteiger charge is 2.16. The molecule has 1 aromatic heterocycles. The third-order valence-corrected chi connectivity index (χ3v) is 4.73. The molecule has 0 spiro atoms. The van der Waals surface area contributed by atoms with Crippen LogP contribution in [0.25, 0.3) is 0 Å². The van der Waals surface area contributed by atoms with Crippen molar-refractivity contribution in [1.29, 1.82) is 0 Å². The Balaban J connectivity index is 1.70. The molecule has 0 radical (unpaired) electrons. The van der Waals surface area contributed by atoms with Gasteiger partial charge >= 0.3 is 5.69 Å². The molecule has 31 heavy (non-hydrogen) atoms. The van der Waals surface area contributed by atoms with Crippen molar-refractivity contribution in [3.05, 3.63) is 118 Å². The van der Waals surface area contributed by atoms with Crippen LogP contribution in [0.4, 0.5) is 0 Å². The number of aromatic hydroxyl groups is 1. The third kappa shape index (κ3) is 4.67. The molecule has 1 heterocycles. The van der Waals surface area contributed by atoms with Crippen molar-refractivity contribution in [2.75, 3.05) is 0 Å². The number of ketones is 1. The summed E-state index contributed by atoms with van der Waals surface area (Å²) in [5.41, 5.74) is 1.40. The van der Waals surface area contributed by atoms with Crippen LogP contribution >= 0.6 is 0 Å². The van der Waals surface area contributed by atoms with Gasteiger partial charge in [-0.3, -0.25) is 4.79 Å². The predicted octanol–water partition coefficient (Wildman–Crippen LogP) is 3.11. The maximum atomic E-state index is 13.0. The number of Topliss-reactive ketones (excluding diaryl/α,β-unsaturated/α-hetero) is 1. The summed E-state index contributed by atoms with van der Waals surface area (Å²) in [6.07, 6.45) is 1.76. The van der Waals surface area contributed by atoms with Gasteiger partial charge in [0.25, 0.3) is 0 Å². The van der Waals surface area contributed by atoms with Crippen LogP contribution in [-0.4, -0.2) is 31.6 Å². The zero-order valence-electron chi connectivity index (χ0n) is 16.6. The monoisotopic (exact) mass is 412 g/mol. The summed E-state index contributed by atoms with van der Waals surface area (Å²) in [5, 5.41) is 18.6. The molecule has 4 rings (SSSR count). The summed E-state index contributed by atoms with van der Waals surface area (Å²) in [6.45, 7) is -0.191. The summed E-state index contributed by atoms with van der Waals surface area (Å²) in [6, 6.07) is 25.0. The second kappa shape index (κ2) is 9.04. The molecule has 3 aromatic carbocycles. The van der Waals surface area contributed by atoms with Crippen molar-refractivity contribution in [2.24, 2.45) is 5.10 Å². The van der Waals surface area contributed by atoms with Gasteiger partial charge in [0.15, 0.2) is 11.6 Å². The standard InChI is InChI=1S/C24H20N4O3/c29-21-14-8-7-13-20(21)16-25-28-23(15-18-9-3-1-4-10-18)26-27(24(28)31)17-22(30)19-11-5-2-6-12-19/h1-14,16,29H,15,17H2. The van der Waals surface area contributed by atoms with Gasteiger partial charge in [-0.05, 0) is 17.7 Å². The van der Waals surface area contributed by atoms with E-state index in [1.165, 1.54) is 12.3 Å². The number of carbonyl (C=O) groups excluding carboxylic acids is 1. The Bertz CT molecular complexity index is 1280. The van der Waals surface area contributed by atoms with Crippen molar-refractivity contribution in [2.45, 2.75) is 13.0 Å². The number of hydrogen-bond donors (Lipinski definition) is 1. The van der Waals surface area contributed by atoms with E-state index in [0.717, 1.165) is 14.9 Å². The molecule has 0 saturated heterocycles. The summed E-state index contributed by atoms with van der Waals surface area (Å²) >= 11 is 0. The maximum absolute atomic E-state index is 13.0. The third-order valence-electron chi connectivity index (χ3n) is 4.73. The van der Waals surface area contributed by atoms with Crippen LogP contribution in [0.15, 0.2) is 94.8 Å². The van der Waals surface area contributed by atoms with Gasteiger partial charge in [0.05, 0.1) is 6.21 Å². The Kier molecular flexibility index (Phi) is 5.84. The number of benzene rings is 3. The van der Waals surface area contributed by atoms with Crippen LogP contribution < -0.4 is 5.69 Å². The van der Waals surface area contributed by atoms with E-state index >= 15 is 0 Å². The summed E-state index contributed by atoms with van der Waals surface area (Å²) in [4.78, 5) is 25.6. The van der Waals surface area contributed by atoms with E-state index in [-0.39, 0.29) is 18.1 Å². The summed E-state index contributed by atoms with van der Waals surface area (Å²) in [7, 11) is 0. The first kappa shape index (κ1) is 20.0. The molecular formula is C24H20N4O3. The van der Waals surface area contributed by atoms with Gasteiger partial charge in [-0.2, -0.15) is 14.9 Å². The SMILES string of the molecule is O=C(Cn1nc(Cc2ccccc2)n(N=Cc2ccccc2O)c1=O)c1ccccc1. The van der Waals surface area contributed by atoms with Crippen molar-refractivity contribution >= 4 is 12.0 Å². The fourth-order valence-electron chi connectivity index (χ4n) is 3.12. The Morgan fingerprint density at radius 1 is 0.935 bits per heavy atom. The van der Waals surface area contributed by atoms with Crippen LogP contribution in [0.5, 0.6) is 5.75 Å². The molecular weight excluding hydrogens is 392 g/mol. The minimum atomic E-state index is -0.526. The van der Waals surface area contributed by atoms with Crippen LogP contribution in [0.1, 0.15) is 27.3 Å². The number of rotatable bonds is 7. The molecule has 1 N–H and O–H groups in total. The lowest BCUT2D eigenvalue weighted by molar-refractivity contribution is 0.0966. The fraction of sp³-hybridized carbons (Fsp3) is 0.0833. The van der Waals surface area contributed by atoms with Crippen molar-refractivity contribution in [3.8, 4) is 5.75 Å². The number of nitrogens with zero attached hydrogens (tertiary/aromatic N) is 4. The number of carbonyl (C=O) groups is 1. The van der Waals surface area contributed by atoms with E-state index in [1.807, 2.05) is 36.4 Å². The average molecular weight is 412 g/mol. The number of para-hydroxylation sites is 1. The normalized spacial score (nSPS) is 11.1. The molecule has 0 unspecified atom stereocenters. The highest BCUT2D eigenvalue weighted by Crippen LogP contribution is 2.13. The molecule has 7 heteroatoms. The average Bonchev–Trinajstić information content (AvgIpc) is 3.08. The van der Waals surface area contributed by atoms with Gasteiger partial charge in [0.2, 0.25) is 0 Å². The number of hydrogen-bond acceptors (Lipinski definition) is 5. The Hall–Kier alpha value is -4.26. The zero-order chi connectivity index (χ0) is 21.6. The molecule has 0 saturated carbocycles. The number of phenolic OH excluding ortho intramolecular Hbond substituents is 1. The van der Waals surface area contributed by atoms with Gasteiger partial charge in [0, 0.05) is 17.5 Å². The van der Waals surface area contributed by atoms with Gasteiger partial charge in [0.1, 0.15) is 12.3 Å². The Morgan fingerprint density at radius 3 is 2.29 bits per heavy atom. The molecule has 7 nitrogen and oxygen atoms in total. The Morgan fingerprint density at radius 2 is 1.58 bits per heavy atom.